The number of phenolic OH excluding ortho intramolecular Hbond substituents is 6. The van der Waals surface area contributed by atoms with Gasteiger partial charge in [-0.25, -0.2) is 4.79 Å². The average Bonchev–Trinajstić information content (AvgIpc) is 0.769. The Kier molecular flexibility index (Phi) is 19.5. The van der Waals surface area contributed by atoms with E-state index in [0.29, 0.717) is 0 Å². The van der Waals surface area contributed by atoms with Gasteiger partial charge < -0.3 is 122 Å². The van der Waals surface area contributed by atoms with Gasteiger partial charge in [0.25, 0.3) is 0 Å². The van der Waals surface area contributed by atoms with Gasteiger partial charge in [0.2, 0.25) is 47.1 Å². The van der Waals surface area contributed by atoms with E-state index < -0.39 is 212 Å². The molecule has 7 aromatic rings. The van der Waals surface area contributed by atoms with Crippen molar-refractivity contribution in [2.24, 2.45) is 5.73 Å². The molecule has 0 saturated carbocycles. The van der Waals surface area contributed by atoms with Crippen molar-refractivity contribution in [3.63, 3.8) is 0 Å². The third kappa shape index (κ3) is 13.5. The summed E-state index contributed by atoms with van der Waals surface area (Å²) in [7, 11) is 0.914. The molecule has 7 heterocycles. The number of hydrogen-bond donors (Lipinski definition) is 18. The molecule has 102 heavy (non-hydrogen) atoms. The Labute approximate surface area is 585 Å². The van der Waals surface area contributed by atoms with Gasteiger partial charge in [-0.1, -0.05) is 47.5 Å². The number of ether oxygens (including phenoxy) is 6. The number of rotatable bonds is 5. The average molecular weight is 1450 g/mol. The first-order valence-electron chi connectivity index (χ1n) is 30.9. The lowest BCUT2D eigenvalue weighted by Gasteiger charge is -2.44. The highest BCUT2D eigenvalue weighted by Gasteiger charge is 2.49. The van der Waals surface area contributed by atoms with Crippen LogP contribution < -0.4 is 57.2 Å². The van der Waals surface area contributed by atoms with Crippen molar-refractivity contribution in [1.29, 1.82) is 0 Å². The van der Waals surface area contributed by atoms with E-state index in [9.17, 15) is 65.4 Å². The fraction of sp³-hybridized carbons (Fsp3) is 0.265. The van der Waals surface area contributed by atoms with Crippen molar-refractivity contribution in [1.82, 2.24) is 37.2 Å². The third-order valence-corrected chi connectivity index (χ3v) is 18.3. The van der Waals surface area contributed by atoms with E-state index in [1.807, 2.05) is 0 Å². The van der Waals surface area contributed by atoms with Gasteiger partial charge in [-0.05, 0) is 119 Å². The minimum Gasteiger partial charge on any atom is -0.508 e. The van der Waals surface area contributed by atoms with Crippen LogP contribution in [-0.4, -0.2) is 155 Å². The summed E-state index contributed by atoms with van der Waals surface area (Å²) in [5.41, 5.74) is 3.50. The number of nitrogens with two attached hydrogens (primary N) is 1. The molecule has 0 aromatic heterocycles. The molecule has 19 N–H and O–H groups in total. The summed E-state index contributed by atoms with van der Waals surface area (Å²) < 4.78 is 36.4. The van der Waals surface area contributed by atoms with Gasteiger partial charge in [-0.3, -0.25) is 33.6 Å². The van der Waals surface area contributed by atoms with Crippen LogP contribution in [0.1, 0.15) is 93.8 Å². The molecule has 14 atom stereocenters. The van der Waals surface area contributed by atoms with Crippen molar-refractivity contribution in [3.8, 4) is 80.1 Å². The summed E-state index contributed by atoms with van der Waals surface area (Å²) in [5, 5.41) is 132. The third-order valence-electron chi connectivity index (χ3n) is 17.7. The maximum atomic E-state index is 16.2. The van der Waals surface area contributed by atoms with E-state index >= 15 is 24.0 Å². The van der Waals surface area contributed by atoms with Crippen LogP contribution in [0.5, 0.6) is 69.0 Å². The molecule has 7 aliphatic rings. The number of aromatic hydroxyl groups is 6. The Bertz CT molecular complexity index is 4640. The van der Waals surface area contributed by atoms with Crippen LogP contribution in [0.2, 0.25) is 10.0 Å². The van der Waals surface area contributed by atoms with E-state index in [4.69, 9.17) is 57.4 Å². The highest BCUT2D eigenvalue weighted by Crippen LogP contribution is 2.49. The fourth-order valence-electron chi connectivity index (χ4n) is 12.4. The quantitative estimate of drug-likeness (QED) is 0.110. The van der Waals surface area contributed by atoms with E-state index in [-0.39, 0.29) is 61.4 Å². The van der Waals surface area contributed by atoms with Crippen LogP contribution in [0.25, 0.3) is 11.1 Å². The zero-order valence-electron chi connectivity index (χ0n) is 53.2. The second kappa shape index (κ2) is 28.1. The number of amides is 7. The van der Waals surface area contributed by atoms with Gasteiger partial charge in [0.05, 0.1) is 23.8 Å². The molecule has 0 aliphatic carbocycles. The Morgan fingerprint density at radius 2 is 1.09 bits per heavy atom. The smallest absolute Gasteiger partial charge is 0.333 e. The molecule has 7 aromatic carbocycles. The number of carbonyl (C=O) groups is 8. The predicted molar refractivity (Wildman–Crippen MR) is 350 cm³/mol. The molecular formula is C68H62Cl2N8O24. The highest BCUT2D eigenvalue weighted by molar-refractivity contribution is 6.32. The number of halogens is 2. The summed E-state index contributed by atoms with van der Waals surface area (Å²) in [5.74, 6) is -17.0. The Hall–Kier alpha value is -11.2. The molecule has 0 radical (unpaired) electrons. The Balaban J connectivity index is 1.11. The van der Waals surface area contributed by atoms with Gasteiger partial charge in [0.1, 0.15) is 113 Å². The van der Waals surface area contributed by atoms with Gasteiger partial charge in [0.15, 0.2) is 35.3 Å². The number of nitrogens with one attached hydrogen (secondary N) is 7. The molecule has 1 saturated heterocycles. The van der Waals surface area contributed by atoms with Gasteiger partial charge in [0, 0.05) is 35.2 Å². The van der Waals surface area contributed by atoms with Crippen LogP contribution in [0.15, 0.2) is 109 Å². The maximum Gasteiger partial charge on any atom is 0.333 e. The van der Waals surface area contributed by atoms with Crippen molar-refractivity contribution >= 4 is 70.5 Å². The number of aliphatic hydroxyl groups is 4. The molecule has 32 nitrogen and oxygen atoms in total. The number of esters is 1. The van der Waals surface area contributed by atoms with Crippen molar-refractivity contribution in [2.45, 2.75) is 99.0 Å². The lowest BCUT2D eigenvalue weighted by Crippen LogP contribution is -2.65. The molecule has 34 heteroatoms. The Morgan fingerprint density at radius 1 is 0.549 bits per heavy atom. The number of benzene rings is 7. The van der Waals surface area contributed by atoms with E-state index in [0.717, 1.165) is 92.9 Å². The number of methoxy groups -OCH3 is 1. The lowest BCUT2D eigenvalue weighted by molar-refractivity contribution is -0.284. The van der Waals surface area contributed by atoms with Crippen LogP contribution in [0.3, 0.4) is 0 Å². The van der Waals surface area contributed by atoms with Crippen molar-refractivity contribution < 1.29 is 118 Å². The van der Waals surface area contributed by atoms with Crippen molar-refractivity contribution in [3.05, 3.63) is 164 Å². The summed E-state index contributed by atoms with van der Waals surface area (Å²) in [4.78, 5) is 120. The van der Waals surface area contributed by atoms with Crippen LogP contribution in [-0.2, 0) is 52.6 Å². The molecule has 14 rings (SSSR count). The first-order valence-corrected chi connectivity index (χ1v) is 31.7. The second-order valence-electron chi connectivity index (χ2n) is 24.3. The largest absolute Gasteiger partial charge is 0.508 e. The highest BCUT2D eigenvalue weighted by atomic mass is 35.5. The zero-order valence-corrected chi connectivity index (χ0v) is 54.7. The zero-order chi connectivity index (χ0) is 73.2. The standard InChI is InChI=1S/C68H62Cl2N8O24/c1-23-38(84)15-29-17-42(23)100-43-16-25(4-9-37(43)83)48(71)61(90)77-53-56(86)27-6-10-40(34(69)13-27)98-44-18-30-19-45(57(44)87)99-41-11-7-28(14-35(41)70)60(102-68-54(72-24(2)80)59(89)58(88)46(22-79)101-68)55-66(95)76-52(67(96)97-3)33-20-31(81)21-39(85)47(33)32-12-26(5-8-36(32)82)49(62(91)78-55)73-64(93)51(30)74-63(92)50(29)75-65(53)94/h4-21,46,48-56,58-60,68,79,81-89H,22,71H2,1-3H3,(H,72,80)(H,73,93)(H,74,92)(H,75,94)(H,76,95)(H,77,90)(H,78,91)/t46-,48-,49-,50+,51-,52?,53-,54-,55+,56-,58-,59-,60-,68+/m1/s1. The number of aliphatic hydroxyl groups excluding tert-OH is 4. The van der Waals surface area contributed by atoms with Gasteiger partial charge in [-0.15, -0.1) is 0 Å². The van der Waals surface area contributed by atoms with Crippen LogP contribution >= 0.6 is 23.2 Å². The Morgan fingerprint density at radius 3 is 1.73 bits per heavy atom. The van der Waals surface area contributed by atoms with E-state index in [1.165, 1.54) is 37.3 Å². The molecule has 17 bridgehead atoms. The molecule has 7 amide bonds. The minimum atomic E-state index is -2.35. The number of carbonyl (C=O) groups excluding carboxylic acids is 8. The molecule has 532 valence electrons. The minimum absolute atomic E-state index is 0.0145. The topological polar surface area (TPSA) is 504 Å². The molecule has 0 spiro atoms. The first kappa shape index (κ1) is 70.7. The molecular weight excluding hydrogens is 1380 g/mol. The maximum absolute atomic E-state index is 16.2. The SMILES string of the molecule is COC(=O)C1NC(=O)[C@H]2NC(=O)[C@H](NC(=O)[C@@H]3NC(=O)[C@H]4NC(=O)[C@H](NC(=O)[C@H](N)c5ccc(O)c(c5)Oc5cc4cc(O)c5C)[C@H](O)c4ccc(c(Cl)c4)Oc4cc3cc(c4O)Oc3ccc(cc3Cl)[C@H]2O[C@@H]2O[C@H](CO)[C@@H](O)[C@H](O)[C@H]2NC(C)=O)c2ccc(O)c(c2)-c2c(O)cc(O)cc21. The van der Waals surface area contributed by atoms with Crippen LogP contribution in [0.4, 0.5) is 0 Å². The molecule has 1 unspecified atom stereocenters. The monoisotopic (exact) mass is 1440 g/mol. The lowest BCUT2D eigenvalue weighted by atomic mass is 9.89. The number of phenols is 6. The summed E-state index contributed by atoms with van der Waals surface area (Å²) in [6.07, 6.45) is -11.9. The fourth-order valence-corrected chi connectivity index (χ4v) is 12.8. The first-order chi connectivity index (χ1) is 48.5. The van der Waals surface area contributed by atoms with E-state index in [2.05, 4.69) is 37.2 Å². The molecule has 1 fully saturated rings. The van der Waals surface area contributed by atoms with Crippen molar-refractivity contribution in [2.75, 3.05) is 13.7 Å². The number of fused-ring (bicyclic) bond motifs is 14. The van der Waals surface area contributed by atoms with Gasteiger partial charge >= 0.3 is 5.97 Å². The number of hydrogen-bond acceptors (Lipinski definition) is 25. The van der Waals surface area contributed by atoms with Gasteiger partial charge in [-0.2, -0.15) is 0 Å². The second-order valence-corrected chi connectivity index (χ2v) is 25.1. The molecule has 7 aliphatic heterocycles. The summed E-state index contributed by atoms with van der Waals surface area (Å²) >= 11 is 14.0. The normalized spacial score (nSPS) is 25.5. The summed E-state index contributed by atoms with van der Waals surface area (Å²) in [6, 6.07) is 2.82. The van der Waals surface area contributed by atoms with E-state index in [1.54, 1.807) is 0 Å². The summed E-state index contributed by atoms with van der Waals surface area (Å²) in [6.45, 7) is 1.42. The predicted octanol–water partition coefficient (Wildman–Crippen LogP) is 2.84. The van der Waals surface area contributed by atoms with Crippen LogP contribution in [0, 0.1) is 6.92 Å².